The van der Waals surface area contributed by atoms with Crippen LogP contribution in [0, 0.1) is 0 Å². The highest BCUT2D eigenvalue weighted by Gasteiger charge is 2.53. The van der Waals surface area contributed by atoms with Crippen LogP contribution in [0.1, 0.15) is 43.4 Å². The molecule has 0 bridgehead atoms. The largest absolute Gasteiger partial charge is 0.454 e. The van der Waals surface area contributed by atoms with Gasteiger partial charge in [-0.15, -0.1) is 11.8 Å². The van der Waals surface area contributed by atoms with E-state index >= 15 is 0 Å². The molecule has 2 saturated heterocycles. The van der Waals surface area contributed by atoms with Crippen molar-refractivity contribution in [3.63, 3.8) is 0 Å². The molecule has 0 spiro atoms. The minimum atomic E-state index is -0.655. The van der Waals surface area contributed by atoms with Gasteiger partial charge in [-0.25, -0.2) is 9.80 Å². The highest BCUT2D eigenvalue weighted by Crippen LogP contribution is 2.47. The van der Waals surface area contributed by atoms with Crippen molar-refractivity contribution in [2.45, 2.75) is 43.1 Å². The second kappa shape index (κ2) is 9.34. The number of carbonyl (C=O) groups is 3. The van der Waals surface area contributed by atoms with Crippen molar-refractivity contribution in [2.24, 2.45) is 5.10 Å². The first kappa shape index (κ1) is 23.7. The Balaban J connectivity index is 1.22. The molecule has 3 aliphatic rings. The van der Waals surface area contributed by atoms with Gasteiger partial charge in [-0.05, 0) is 41.3 Å². The van der Waals surface area contributed by atoms with Gasteiger partial charge in [0.25, 0.3) is 5.91 Å². The predicted octanol–water partition coefficient (Wildman–Crippen LogP) is 4.51. The number of nitrogens with zero attached hydrogens (tertiary/aromatic N) is 3. The Morgan fingerprint density at radius 3 is 2.62 bits per heavy atom. The number of carbonyl (C=O) groups excluding carboxylic acids is 3. The van der Waals surface area contributed by atoms with Gasteiger partial charge in [-0.2, -0.15) is 5.10 Å². The van der Waals surface area contributed by atoms with Crippen LogP contribution in [0.3, 0.4) is 0 Å². The van der Waals surface area contributed by atoms with Gasteiger partial charge in [0.1, 0.15) is 6.04 Å². The van der Waals surface area contributed by atoms with Gasteiger partial charge in [0.2, 0.25) is 5.91 Å². The first-order valence-corrected chi connectivity index (χ1v) is 13.5. The van der Waals surface area contributed by atoms with Gasteiger partial charge in [-0.1, -0.05) is 66.7 Å². The van der Waals surface area contributed by atoms with Crippen molar-refractivity contribution < 1.29 is 19.1 Å². The van der Waals surface area contributed by atoms with Gasteiger partial charge in [-0.3, -0.25) is 9.59 Å². The zero-order valence-corrected chi connectivity index (χ0v) is 21.3. The summed E-state index contributed by atoms with van der Waals surface area (Å²) in [6.07, 6.45) is 1.71. The Labute approximate surface area is 219 Å². The van der Waals surface area contributed by atoms with Crippen LogP contribution in [0.4, 0.5) is 0 Å². The lowest BCUT2D eigenvalue weighted by Crippen LogP contribution is -2.47. The summed E-state index contributed by atoms with van der Waals surface area (Å²) in [7, 11) is 0. The van der Waals surface area contributed by atoms with Gasteiger partial charge in [0, 0.05) is 18.6 Å². The van der Waals surface area contributed by atoms with Crippen molar-refractivity contribution in [2.75, 3.05) is 12.4 Å². The lowest BCUT2D eigenvalue weighted by molar-refractivity contribution is -0.158. The number of amides is 2. The van der Waals surface area contributed by atoms with Crippen molar-refractivity contribution in [1.82, 2.24) is 9.91 Å². The summed E-state index contributed by atoms with van der Waals surface area (Å²) >= 11 is 1.60. The van der Waals surface area contributed by atoms with E-state index in [1.54, 1.807) is 16.7 Å². The van der Waals surface area contributed by atoms with Crippen molar-refractivity contribution in [1.29, 1.82) is 0 Å². The highest BCUT2D eigenvalue weighted by atomic mass is 32.2. The van der Waals surface area contributed by atoms with E-state index in [4.69, 9.17) is 9.84 Å². The highest BCUT2D eigenvalue weighted by molar-refractivity contribution is 8.01. The molecule has 3 aromatic carbocycles. The third-order valence-corrected chi connectivity index (χ3v) is 8.99. The summed E-state index contributed by atoms with van der Waals surface area (Å²) in [5.74, 6) is -0.474. The number of fused-ring (bicyclic) bond motifs is 2. The summed E-state index contributed by atoms with van der Waals surface area (Å²) in [6, 6.07) is 23.1. The molecule has 0 saturated carbocycles. The van der Waals surface area contributed by atoms with Crippen LogP contribution >= 0.6 is 11.8 Å². The number of hydrogen-bond donors (Lipinski definition) is 0. The second-order valence-corrected chi connectivity index (χ2v) is 11.4. The Morgan fingerprint density at radius 2 is 1.81 bits per heavy atom. The molecule has 7 nitrogen and oxygen atoms in total. The van der Waals surface area contributed by atoms with E-state index in [0.29, 0.717) is 18.6 Å². The Morgan fingerprint density at radius 1 is 1.05 bits per heavy atom. The summed E-state index contributed by atoms with van der Waals surface area (Å²) in [5.41, 5.74) is 2.74. The van der Waals surface area contributed by atoms with E-state index < -0.39 is 18.6 Å². The molecule has 0 aromatic heterocycles. The zero-order valence-electron chi connectivity index (χ0n) is 20.5. The van der Waals surface area contributed by atoms with Crippen LogP contribution in [0.15, 0.2) is 77.9 Å². The predicted molar refractivity (Wildman–Crippen MR) is 143 cm³/mol. The zero-order chi connectivity index (χ0) is 25.6. The molecule has 6 rings (SSSR count). The number of rotatable bonds is 5. The average molecular weight is 514 g/mol. The Hall–Kier alpha value is -3.65. The molecular weight excluding hydrogens is 486 g/mol. The maximum absolute atomic E-state index is 13.3. The first-order valence-electron chi connectivity index (χ1n) is 12.5. The molecule has 0 aliphatic carbocycles. The molecule has 3 atom stereocenters. The molecule has 0 radical (unpaired) electrons. The maximum atomic E-state index is 13.3. The van der Waals surface area contributed by atoms with E-state index in [1.165, 1.54) is 5.01 Å². The number of benzene rings is 3. The van der Waals surface area contributed by atoms with Crippen LogP contribution < -0.4 is 0 Å². The molecule has 0 unspecified atom stereocenters. The van der Waals surface area contributed by atoms with Gasteiger partial charge in [0.15, 0.2) is 6.61 Å². The minimum absolute atomic E-state index is 0.0333. The summed E-state index contributed by atoms with van der Waals surface area (Å²) in [5, 5.41) is 8.41. The Bertz CT molecular complexity index is 1420. The van der Waals surface area contributed by atoms with Crippen molar-refractivity contribution in [3.05, 3.63) is 83.9 Å². The fourth-order valence-electron chi connectivity index (χ4n) is 5.51. The fourth-order valence-corrected chi connectivity index (χ4v) is 6.93. The number of esters is 1. The van der Waals surface area contributed by atoms with E-state index in [-0.39, 0.29) is 22.7 Å². The van der Waals surface area contributed by atoms with Crippen molar-refractivity contribution >= 4 is 46.0 Å². The fraction of sp³-hybridized carbons (Fsp3) is 0.310. The third-order valence-electron chi connectivity index (χ3n) is 7.49. The molecular formula is C29H27N3O4S. The molecule has 3 aromatic rings. The molecule has 3 heterocycles. The lowest BCUT2D eigenvalue weighted by atomic mass is 9.97. The number of hydrazone groups is 1. The molecule has 3 aliphatic heterocycles. The van der Waals surface area contributed by atoms with E-state index in [2.05, 4.69) is 24.3 Å². The van der Waals surface area contributed by atoms with Crippen LogP contribution in [-0.2, 0) is 19.1 Å². The van der Waals surface area contributed by atoms with Crippen LogP contribution in [0.5, 0.6) is 0 Å². The number of hydrogen-bond acceptors (Lipinski definition) is 6. The minimum Gasteiger partial charge on any atom is -0.454 e. The normalized spacial score (nSPS) is 24.9. The van der Waals surface area contributed by atoms with E-state index in [0.717, 1.165) is 34.0 Å². The second-order valence-electron chi connectivity index (χ2n) is 9.85. The van der Waals surface area contributed by atoms with Crippen LogP contribution in [0.2, 0.25) is 0 Å². The van der Waals surface area contributed by atoms with E-state index in [9.17, 15) is 14.4 Å². The maximum Gasteiger partial charge on any atom is 0.330 e. The monoisotopic (exact) mass is 513 g/mol. The smallest absolute Gasteiger partial charge is 0.330 e. The standard InChI is InChI=1S/C29H27N3O4S/c1-29-14-13-26(33)31(29)25(18-37-29)28(35)36-17-27(34)32-24(20-8-3-2-4-9-20)16-23(30-32)22-12-11-19-7-5-6-10-21(19)15-22/h2-12,15,24-25H,13-14,16-18H2,1H3/t24-,25+,29-/m0/s1. The first-order chi connectivity index (χ1) is 17.9. The molecule has 0 N–H and O–H groups in total. The van der Waals surface area contributed by atoms with E-state index in [1.807, 2.05) is 55.5 Å². The average Bonchev–Trinajstić information content (AvgIpc) is 3.60. The third kappa shape index (κ3) is 4.29. The lowest BCUT2D eigenvalue weighted by Gasteiger charge is -2.29. The number of thioether (sulfide) groups is 1. The molecule has 2 amide bonds. The van der Waals surface area contributed by atoms with Crippen LogP contribution in [0.25, 0.3) is 10.8 Å². The molecule has 8 heteroatoms. The summed E-state index contributed by atoms with van der Waals surface area (Å²) in [4.78, 5) is 39.9. The van der Waals surface area contributed by atoms with Gasteiger partial charge in [0.05, 0.1) is 16.6 Å². The van der Waals surface area contributed by atoms with Crippen LogP contribution in [-0.4, -0.2) is 56.7 Å². The summed E-state index contributed by atoms with van der Waals surface area (Å²) < 4.78 is 5.48. The number of ether oxygens (including phenoxy) is 1. The van der Waals surface area contributed by atoms with Crippen molar-refractivity contribution in [3.8, 4) is 0 Å². The SMILES string of the molecule is C[C@]12CCC(=O)N1[C@@H](C(=O)OCC(=O)N1N=C(c3ccc4ccccc4c3)C[C@H]1c1ccccc1)CS2. The molecule has 37 heavy (non-hydrogen) atoms. The molecule has 188 valence electrons. The molecule has 2 fully saturated rings. The topological polar surface area (TPSA) is 79.3 Å². The Kier molecular flexibility index (Phi) is 5.99. The van der Waals surface area contributed by atoms with Gasteiger partial charge >= 0.3 is 5.97 Å². The summed E-state index contributed by atoms with van der Waals surface area (Å²) in [6.45, 7) is 1.56. The quantitative estimate of drug-likeness (QED) is 0.469. The van der Waals surface area contributed by atoms with Gasteiger partial charge < -0.3 is 9.64 Å².